The lowest BCUT2D eigenvalue weighted by Crippen LogP contribution is -2.43. The molecule has 1 amide bonds. The molecule has 1 fully saturated rings. The van der Waals surface area contributed by atoms with Gasteiger partial charge in [0.1, 0.15) is 0 Å². The molecule has 0 aliphatic carbocycles. The van der Waals surface area contributed by atoms with Gasteiger partial charge in [0.2, 0.25) is 0 Å². The van der Waals surface area contributed by atoms with Gasteiger partial charge in [0, 0.05) is 44.5 Å². The molecule has 1 atom stereocenters. The predicted octanol–water partition coefficient (Wildman–Crippen LogP) is 1.19. The van der Waals surface area contributed by atoms with Crippen molar-refractivity contribution >= 4 is 5.91 Å². The van der Waals surface area contributed by atoms with Crippen LogP contribution in [0.4, 0.5) is 0 Å². The van der Waals surface area contributed by atoms with E-state index in [2.05, 4.69) is 10.2 Å². The van der Waals surface area contributed by atoms with Crippen LogP contribution in [-0.4, -0.2) is 48.2 Å². The second-order valence-electron chi connectivity index (χ2n) is 6.21. The van der Waals surface area contributed by atoms with Gasteiger partial charge in [-0.15, -0.1) is 0 Å². The number of aromatic nitrogens is 1. The van der Waals surface area contributed by atoms with Crippen LogP contribution in [0, 0.1) is 0 Å². The number of rotatable bonds is 5. The van der Waals surface area contributed by atoms with E-state index in [1.807, 2.05) is 30.3 Å². The molecule has 1 aromatic heterocycles. The van der Waals surface area contributed by atoms with Crippen LogP contribution in [0.3, 0.4) is 0 Å². The standard InChI is InChI=1S/C19H23N3O3/c1-21-8-7-16(13-18(21)23)19(24)20-17(15-5-3-2-4-6-15)14-22-9-11-25-12-10-22/h2-8,13,17H,9-12,14H2,1H3,(H,20,24)/t17-/m0/s1. The van der Waals surface area contributed by atoms with Crippen LogP contribution in [0.5, 0.6) is 0 Å². The van der Waals surface area contributed by atoms with Crippen molar-refractivity contribution in [3.8, 4) is 0 Å². The molecule has 0 spiro atoms. The Morgan fingerprint density at radius 3 is 2.60 bits per heavy atom. The zero-order chi connectivity index (χ0) is 17.6. The van der Waals surface area contributed by atoms with E-state index in [1.165, 1.54) is 10.6 Å². The lowest BCUT2D eigenvalue weighted by molar-refractivity contribution is 0.0332. The van der Waals surface area contributed by atoms with Crippen molar-refractivity contribution in [1.29, 1.82) is 0 Å². The average molecular weight is 341 g/mol. The zero-order valence-electron chi connectivity index (χ0n) is 14.4. The number of aryl methyl sites for hydroxylation is 1. The van der Waals surface area contributed by atoms with Crippen molar-refractivity contribution in [3.05, 3.63) is 70.1 Å². The monoisotopic (exact) mass is 341 g/mol. The number of nitrogens with zero attached hydrogens (tertiary/aromatic N) is 2. The molecule has 0 bridgehead atoms. The first-order valence-electron chi connectivity index (χ1n) is 8.46. The minimum atomic E-state index is -0.236. The van der Waals surface area contributed by atoms with Crippen molar-refractivity contribution < 1.29 is 9.53 Å². The second-order valence-corrected chi connectivity index (χ2v) is 6.21. The summed E-state index contributed by atoms with van der Waals surface area (Å²) in [4.78, 5) is 26.7. The van der Waals surface area contributed by atoms with Crippen molar-refractivity contribution in [2.24, 2.45) is 7.05 Å². The number of nitrogens with one attached hydrogen (secondary N) is 1. The minimum Gasteiger partial charge on any atom is -0.379 e. The Bertz CT molecular complexity index is 767. The number of carbonyl (C=O) groups excluding carboxylic acids is 1. The summed E-state index contributed by atoms with van der Waals surface area (Å²) in [6.45, 7) is 3.84. The molecular formula is C19H23N3O3. The summed E-state index contributed by atoms with van der Waals surface area (Å²) in [5, 5.41) is 3.07. The molecule has 6 heteroatoms. The van der Waals surface area contributed by atoms with E-state index in [0.29, 0.717) is 25.3 Å². The molecule has 25 heavy (non-hydrogen) atoms. The van der Waals surface area contributed by atoms with Gasteiger partial charge in [-0.1, -0.05) is 30.3 Å². The Morgan fingerprint density at radius 1 is 1.20 bits per heavy atom. The number of morpholine rings is 1. The van der Waals surface area contributed by atoms with Gasteiger partial charge < -0.3 is 14.6 Å². The molecule has 1 aliphatic rings. The van der Waals surface area contributed by atoms with Crippen LogP contribution in [-0.2, 0) is 11.8 Å². The molecular weight excluding hydrogens is 318 g/mol. The van der Waals surface area contributed by atoms with Crippen LogP contribution in [0.2, 0.25) is 0 Å². The highest BCUT2D eigenvalue weighted by Gasteiger charge is 2.20. The lowest BCUT2D eigenvalue weighted by Gasteiger charge is -2.31. The maximum atomic E-state index is 12.6. The number of hydrogen-bond acceptors (Lipinski definition) is 4. The first-order chi connectivity index (χ1) is 12.1. The fourth-order valence-corrected chi connectivity index (χ4v) is 2.89. The van der Waals surface area contributed by atoms with E-state index >= 15 is 0 Å². The fraction of sp³-hybridized carbons (Fsp3) is 0.368. The Labute approximate surface area is 147 Å². The number of carbonyl (C=O) groups is 1. The first-order valence-corrected chi connectivity index (χ1v) is 8.46. The van der Waals surface area contributed by atoms with Gasteiger partial charge in [0.05, 0.1) is 19.3 Å². The van der Waals surface area contributed by atoms with Crippen molar-refractivity contribution in [1.82, 2.24) is 14.8 Å². The maximum Gasteiger partial charge on any atom is 0.252 e. The summed E-state index contributed by atoms with van der Waals surface area (Å²) < 4.78 is 6.84. The largest absolute Gasteiger partial charge is 0.379 e. The third-order valence-electron chi connectivity index (χ3n) is 4.42. The molecule has 3 rings (SSSR count). The van der Waals surface area contributed by atoms with Crippen molar-refractivity contribution in [2.45, 2.75) is 6.04 Å². The number of hydrogen-bond donors (Lipinski definition) is 1. The SMILES string of the molecule is Cn1ccc(C(=O)N[C@@H](CN2CCOCC2)c2ccccc2)cc1=O. The van der Waals surface area contributed by atoms with E-state index in [9.17, 15) is 9.59 Å². The second kappa shape index (κ2) is 8.09. The summed E-state index contributed by atoms with van der Waals surface area (Å²) in [5.74, 6) is -0.236. The van der Waals surface area contributed by atoms with Crippen molar-refractivity contribution in [3.63, 3.8) is 0 Å². The molecule has 0 saturated carbocycles. The van der Waals surface area contributed by atoms with Gasteiger partial charge in [-0.25, -0.2) is 0 Å². The van der Waals surface area contributed by atoms with Crippen LogP contribution >= 0.6 is 0 Å². The van der Waals surface area contributed by atoms with Crippen LogP contribution in [0.15, 0.2) is 53.5 Å². The maximum absolute atomic E-state index is 12.6. The highest BCUT2D eigenvalue weighted by atomic mass is 16.5. The number of pyridine rings is 1. The van der Waals surface area contributed by atoms with Gasteiger partial charge in [-0.05, 0) is 11.6 Å². The molecule has 1 N–H and O–H groups in total. The van der Waals surface area contributed by atoms with Crippen LogP contribution in [0.1, 0.15) is 22.0 Å². The Kier molecular flexibility index (Phi) is 5.63. The highest BCUT2D eigenvalue weighted by molar-refractivity contribution is 5.94. The molecule has 0 unspecified atom stereocenters. The Balaban J connectivity index is 1.77. The normalized spacial score (nSPS) is 16.4. The van der Waals surface area contributed by atoms with Gasteiger partial charge in [0.25, 0.3) is 11.5 Å². The van der Waals surface area contributed by atoms with Gasteiger partial charge >= 0.3 is 0 Å². The average Bonchev–Trinajstić information content (AvgIpc) is 2.65. The third kappa shape index (κ3) is 4.55. The summed E-state index contributed by atoms with van der Waals surface area (Å²) in [6, 6.07) is 12.8. The van der Waals surface area contributed by atoms with Crippen molar-refractivity contribution in [2.75, 3.05) is 32.8 Å². The zero-order valence-corrected chi connectivity index (χ0v) is 14.4. The summed E-state index contributed by atoms with van der Waals surface area (Å²) >= 11 is 0. The van der Waals surface area contributed by atoms with Gasteiger partial charge in [-0.2, -0.15) is 0 Å². The summed E-state index contributed by atoms with van der Waals surface area (Å²) in [6.07, 6.45) is 1.61. The Morgan fingerprint density at radius 2 is 1.92 bits per heavy atom. The molecule has 1 saturated heterocycles. The molecule has 2 heterocycles. The van der Waals surface area contributed by atoms with Gasteiger partial charge in [-0.3, -0.25) is 14.5 Å². The summed E-state index contributed by atoms with van der Waals surface area (Å²) in [5.41, 5.74) is 1.23. The van der Waals surface area contributed by atoms with Gasteiger partial charge in [0.15, 0.2) is 0 Å². The fourth-order valence-electron chi connectivity index (χ4n) is 2.89. The van der Waals surface area contributed by atoms with E-state index in [4.69, 9.17) is 4.74 Å². The van der Waals surface area contributed by atoms with E-state index in [-0.39, 0.29) is 17.5 Å². The lowest BCUT2D eigenvalue weighted by atomic mass is 10.1. The molecule has 2 aromatic rings. The molecule has 1 aromatic carbocycles. The number of ether oxygens (including phenoxy) is 1. The minimum absolute atomic E-state index is 0.143. The van der Waals surface area contributed by atoms with Crippen LogP contribution in [0.25, 0.3) is 0 Å². The topological polar surface area (TPSA) is 63.6 Å². The molecule has 6 nitrogen and oxygen atoms in total. The van der Waals surface area contributed by atoms with E-state index < -0.39 is 0 Å². The van der Waals surface area contributed by atoms with Crippen LogP contribution < -0.4 is 10.9 Å². The Hall–Kier alpha value is -2.44. The quantitative estimate of drug-likeness (QED) is 0.887. The highest BCUT2D eigenvalue weighted by Crippen LogP contribution is 2.16. The van der Waals surface area contributed by atoms with E-state index in [0.717, 1.165) is 18.7 Å². The first kappa shape index (κ1) is 17.4. The smallest absolute Gasteiger partial charge is 0.252 e. The molecule has 132 valence electrons. The predicted molar refractivity (Wildman–Crippen MR) is 95.6 cm³/mol. The third-order valence-corrected chi connectivity index (χ3v) is 4.42. The van der Waals surface area contributed by atoms with E-state index in [1.54, 1.807) is 19.3 Å². The summed E-state index contributed by atoms with van der Waals surface area (Å²) in [7, 11) is 1.66. The molecule has 1 aliphatic heterocycles. The number of amides is 1. The number of benzene rings is 1. The molecule has 0 radical (unpaired) electrons.